The molecule has 1 aliphatic carbocycles. The minimum Gasteiger partial charge on any atom is -0.256 e. The SMILES string of the molecule is CCC1(C)c2nc(-c3cc(-c4ccccn4)cc4ccccc34)ncc2C(C)(C)C1(C)C. The number of aromatic nitrogens is 3. The van der Waals surface area contributed by atoms with E-state index in [-0.39, 0.29) is 16.2 Å². The Labute approximate surface area is 191 Å². The average Bonchev–Trinajstić information content (AvgIpc) is 2.93. The van der Waals surface area contributed by atoms with E-state index in [1.165, 1.54) is 22.0 Å². The van der Waals surface area contributed by atoms with Crippen molar-refractivity contribution in [2.45, 2.75) is 58.8 Å². The maximum Gasteiger partial charge on any atom is 0.160 e. The van der Waals surface area contributed by atoms with Crippen LogP contribution in [0.25, 0.3) is 33.4 Å². The molecule has 32 heavy (non-hydrogen) atoms. The smallest absolute Gasteiger partial charge is 0.160 e. The number of nitrogens with zero attached hydrogens (tertiary/aromatic N) is 3. The molecule has 0 saturated carbocycles. The second-order valence-electron chi connectivity index (χ2n) is 10.4. The molecule has 0 N–H and O–H groups in total. The molecule has 0 spiro atoms. The van der Waals surface area contributed by atoms with Crippen LogP contribution in [0.15, 0.2) is 67.0 Å². The fourth-order valence-corrected chi connectivity index (χ4v) is 5.50. The van der Waals surface area contributed by atoms with Crippen molar-refractivity contribution in [3.63, 3.8) is 0 Å². The molecule has 2 aromatic carbocycles. The monoisotopic (exact) mass is 421 g/mol. The van der Waals surface area contributed by atoms with Gasteiger partial charge in [-0.15, -0.1) is 0 Å². The summed E-state index contributed by atoms with van der Waals surface area (Å²) in [6.45, 7) is 14.1. The maximum absolute atomic E-state index is 5.29. The number of benzene rings is 2. The fourth-order valence-electron chi connectivity index (χ4n) is 5.50. The van der Waals surface area contributed by atoms with E-state index in [4.69, 9.17) is 9.97 Å². The van der Waals surface area contributed by atoms with Crippen molar-refractivity contribution >= 4 is 10.8 Å². The van der Waals surface area contributed by atoms with Gasteiger partial charge in [-0.05, 0) is 57.9 Å². The van der Waals surface area contributed by atoms with Gasteiger partial charge in [-0.3, -0.25) is 4.98 Å². The van der Waals surface area contributed by atoms with Crippen LogP contribution >= 0.6 is 0 Å². The van der Waals surface area contributed by atoms with Gasteiger partial charge in [0.05, 0.1) is 11.4 Å². The number of hydrogen-bond donors (Lipinski definition) is 0. The van der Waals surface area contributed by atoms with E-state index in [1.807, 2.05) is 18.3 Å². The van der Waals surface area contributed by atoms with E-state index < -0.39 is 0 Å². The van der Waals surface area contributed by atoms with Crippen LogP contribution in [0, 0.1) is 5.41 Å². The van der Waals surface area contributed by atoms with Crippen molar-refractivity contribution in [1.82, 2.24) is 15.0 Å². The predicted molar refractivity (Wildman–Crippen MR) is 133 cm³/mol. The third-order valence-corrected chi connectivity index (χ3v) is 8.70. The van der Waals surface area contributed by atoms with Crippen LogP contribution in [0.2, 0.25) is 0 Å². The van der Waals surface area contributed by atoms with Gasteiger partial charge in [0.1, 0.15) is 0 Å². The second kappa shape index (κ2) is 6.96. The summed E-state index contributed by atoms with van der Waals surface area (Å²) in [5.74, 6) is 0.797. The number of hydrogen-bond acceptors (Lipinski definition) is 3. The lowest BCUT2D eigenvalue weighted by Crippen LogP contribution is -2.44. The number of pyridine rings is 1. The maximum atomic E-state index is 5.29. The van der Waals surface area contributed by atoms with Gasteiger partial charge in [-0.1, -0.05) is 71.9 Å². The standard InChI is InChI=1S/C29H31N3/c1-7-29(6)25-23(27(2,3)28(29,4)5)18-31-26(32-25)22-17-20(24-14-10-11-15-30-24)16-19-12-8-9-13-21(19)22/h8-18H,7H2,1-6H3. The Morgan fingerprint density at radius 3 is 2.31 bits per heavy atom. The highest BCUT2D eigenvalue weighted by atomic mass is 14.9. The van der Waals surface area contributed by atoms with Crippen molar-refractivity contribution in [3.8, 4) is 22.6 Å². The molecule has 0 bridgehead atoms. The summed E-state index contributed by atoms with van der Waals surface area (Å²) in [5, 5.41) is 2.34. The van der Waals surface area contributed by atoms with Gasteiger partial charge < -0.3 is 0 Å². The molecule has 3 heteroatoms. The van der Waals surface area contributed by atoms with Crippen molar-refractivity contribution in [1.29, 1.82) is 0 Å². The lowest BCUT2D eigenvalue weighted by molar-refractivity contribution is 0.106. The van der Waals surface area contributed by atoms with Crippen LogP contribution in [-0.2, 0) is 10.8 Å². The number of rotatable bonds is 3. The molecule has 4 aromatic rings. The molecule has 0 fully saturated rings. The predicted octanol–water partition coefficient (Wildman–Crippen LogP) is 7.34. The van der Waals surface area contributed by atoms with Gasteiger partial charge in [-0.2, -0.15) is 0 Å². The van der Waals surface area contributed by atoms with Crippen molar-refractivity contribution in [2.24, 2.45) is 5.41 Å². The highest BCUT2D eigenvalue weighted by molar-refractivity contribution is 5.98. The topological polar surface area (TPSA) is 38.7 Å². The molecule has 0 radical (unpaired) electrons. The Kier molecular flexibility index (Phi) is 4.53. The second-order valence-corrected chi connectivity index (χ2v) is 10.4. The summed E-state index contributed by atoms with van der Waals surface area (Å²) in [7, 11) is 0. The van der Waals surface area contributed by atoms with Crippen LogP contribution in [0.4, 0.5) is 0 Å². The Morgan fingerprint density at radius 2 is 1.59 bits per heavy atom. The third-order valence-electron chi connectivity index (χ3n) is 8.70. The van der Waals surface area contributed by atoms with Gasteiger partial charge in [0.15, 0.2) is 5.82 Å². The average molecular weight is 422 g/mol. The van der Waals surface area contributed by atoms with Gasteiger partial charge in [-0.25, -0.2) is 9.97 Å². The van der Waals surface area contributed by atoms with Gasteiger partial charge in [0.25, 0.3) is 0 Å². The van der Waals surface area contributed by atoms with Crippen LogP contribution < -0.4 is 0 Å². The van der Waals surface area contributed by atoms with E-state index in [1.54, 1.807) is 0 Å². The highest BCUT2D eigenvalue weighted by Gasteiger charge is 2.59. The molecule has 162 valence electrons. The van der Waals surface area contributed by atoms with E-state index in [0.29, 0.717) is 0 Å². The van der Waals surface area contributed by atoms with Crippen molar-refractivity contribution < 1.29 is 0 Å². The highest BCUT2D eigenvalue weighted by Crippen LogP contribution is 2.62. The first-order valence-corrected chi connectivity index (χ1v) is 11.5. The summed E-state index contributed by atoms with van der Waals surface area (Å²) >= 11 is 0. The lowest BCUT2D eigenvalue weighted by Gasteiger charge is -2.45. The summed E-state index contributed by atoms with van der Waals surface area (Å²) in [5.41, 5.74) is 5.65. The van der Waals surface area contributed by atoms with Crippen LogP contribution in [-0.4, -0.2) is 15.0 Å². The largest absolute Gasteiger partial charge is 0.256 e. The molecule has 5 rings (SSSR count). The summed E-state index contributed by atoms with van der Waals surface area (Å²) in [6, 6.07) is 18.9. The summed E-state index contributed by atoms with van der Waals surface area (Å²) in [4.78, 5) is 14.8. The first-order valence-electron chi connectivity index (χ1n) is 11.5. The fraction of sp³-hybridized carbons (Fsp3) is 0.345. The molecule has 1 aliphatic rings. The molecule has 0 amide bonds. The van der Waals surface area contributed by atoms with Crippen LogP contribution in [0.3, 0.4) is 0 Å². The van der Waals surface area contributed by atoms with Crippen molar-refractivity contribution in [2.75, 3.05) is 0 Å². The normalized spacial score (nSPS) is 20.9. The van der Waals surface area contributed by atoms with Crippen LogP contribution in [0.1, 0.15) is 59.2 Å². The van der Waals surface area contributed by atoms with E-state index in [0.717, 1.165) is 29.1 Å². The molecular weight excluding hydrogens is 390 g/mol. The molecule has 3 nitrogen and oxygen atoms in total. The Balaban J connectivity index is 1.78. The van der Waals surface area contributed by atoms with E-state index >= 15 is 0 Å². The van der Waals surface area contributed by atoms with Crippen molar-refractivity contribution in [3.05, 3.63) is 78.2 Å². The minimum absolute atomic E-state index is 0.00347. The Bertz CT molecular complexity index is 1320. The lowest BCUT2D eigenvalue weighted by atomic mass is 9.58. The zero-order valence-corrected chi connectivity index (χ0v) is 19.9. The zero-order chi connectivity index (χ0) is 22.7. The summed E-state index contributed by atoms with van der Waals surface area (Å²) in [6.07, 6.45) is 4.97. The Hall–Kier alpha value is -3.07. The van der Waals surface area contributed by atoms with E-state index in [2.05, 4.69) is 95.2 Å². The molecule has 1 unspecified atom stereocenters. The molecule has 2 aromatic heterocycles. The van der Waals surface area contributed by atoms with Gasteiger partial charge in [0, 0.05) is 28.9 Å². The van der Waals surface area contributed by atoms with Gasteiger partial charge >= 0.3 is 0 Å². The Morgan fingerprint density at radius 1 is 0.844 bits per heavy atom. The van der Waals surface area contributed by atoms with Gasteiger partial charge in [0.2, 0.25) is 0 Å². The number of fused-ring (bicyclic) bond motifs is 2. The molecule has 1 atom stereocenters. The molecular formula is C29H31N3. The molecule has 0 aliphatic heterocycles. The first kappa shape index (κ1) is 20.8. The molecule has 0 saturated heterocycles. The summed E-state index contributed by atoms with van der Waals surface area (Å²) < 4.78 is 0. The quantitative estimate of drug-likeness (QED) is 0.347. The van der Waals surface area contributed by atoms with E-state index in [9.17, 15) is 0 Å². The van der Waals surface area contributed by atoms with Crippen LogP contribution in [0.5, 0.6) is 0 Å². The first-order chi connectivity index (χ1) is 15.2. The third kappa shape index (κ3) is 2.70. The zero-order valence-electron chi connectivity index (χ0n) is 19.9. The molecule has 2 heterocycles. The minimum atomic E-state index is -0.0159.